The Labute approximate surface area is 95.9 Å². The monoisotopic (exact) mass is 244 g/mol. The van der Waals surface area contributed by atoms with Crippen molar-refractivity contribution in [1.29, 1.82) is 0 Å². The molecule has 0 aliphatic heterocycles. The molecular weight excluding hydrogens is 228 g/mol. The van der Waals surface area contributed by atoms with Crippen LogP contribution in [0.5, 0.6) is 5.75 Å². The summed E-state index contributed by atoms with van der Waals surface area (Å²) < 4.78 is 27.6. The van der Waals surface area contributed by atoms with Crippen molar-refractivity contribution in [2.24, 2.45) is 5.14 Å². The van der Waals surface area contributed by atoms with Crippen molar-refractivity contribution in [2.45, 2.75) is 11.4 Å². The number of ether oxygens (including phenoxy) is 1. The number of sulfonamides is 1. The topological polar surface area (TPSA) is 72.6 Å². The fourth-order valence-electron chi connectivity index (χ4n) is 1.41. The van der Waals surface area contributed by atoms with Gasteiger partial charge in [-0.05, 0) is 31.8 Å². The predicted molar refractivity (Wildman–Crippen MR) is 61.8 cm³/mol. The number of rotatable bonds is 4. The molecule has 0 saturated heterocycles. The molecule has 0 unspecified atom stereocenters. The molecule has 6 heteroatoms. The van der Waals surface area contributed by atoms with Gasteiger partial charge >= 0.3 is 0 Å². The zero-order chi connectivity index (χ0) is 12.3. The highest BCUT2D eigenvalue weighted by molar-refractivity contribution is 7.89. The Balaban J connectivity index is 3.22. The zero-order valence-corrected chi connectivity index (χ0v) is 10.4. The Hall–Kier alpha value is -1.11. The lowest BCUT2D eigenvalue weighted by atomic mass is 10.2. The van der Waals surface area contributed by atoms with E-state index in [-0.39, 0.29) is 10.6 Å². The van der Waals surface area contributed by atoms with E-state index < -0.39 is 10.0 Å². The van der Waals surface area contributed by atoms with Crippen molar-refractivity contribution in [3.63, 3.8) is 0 Å². The molecule has 0 radical (unpaired) electrons. The lowest BCUT2D eigenvalue weighted by Gasteiger charge is -2.12. The number of nitrogens with two attached hydrogens (primary N) is 1. The lowest BCUT2D eigenvalue weighted by Crippen LogP contribution is -2.15. The molecular formula is C10H16N2O3S. The summed E-state index contributed by atoms with van der Waals surface area (Å²) in [4.78, 5) is 1.96. The quantitative estimate of drug-likeness (QED) is 0.832. The molecule has 1 rings (SSSR count). The van der Waals surface area contributed by atoms with Gasteiger partial charge in [-0.15, -0.1) is 0 Å². The van der Waals surface area contributed by atoms with E-state index in [1.165, 1.54) is 13.2 Å². The zero-order valence-electron chi connectivity index (χ0n) is 9.60. The Morgan fingerprint density at radius 2 is 2.00 bits per heavy atom. The summed E-state index contributed by atoms with van der Waals surface area (Å²) in [6.45, 7) is 0.645. The first-order valence-electron chi connectivity index (χ1n) is 4.69. The average Bonchev–Trinajstić information content (AvgIpc) is 2.15. The number of benzene rings is 1. The molecule has 0 atom stereocenters. The van der Waals surface area contributed by atoms with E-state index in [0.29, 0.717) is 6.54 Å². The summed E-state index contributed by atoms with van der Waals surface area (Å²) in [5.41, 5.74) is 0.870. The van der Waals surface area contributed by atoms with E-state index in [0.717, 1.165) is 5.56 Å². The van der Waals surface area contributed by atoms with Crippen molar-refractivity contribution in [1.82, 2.24) is 4.90 Å². The van der Waals surface area contributed by atoms with E-state index in [1.807, 2.05) is 25.1 Å². The Bertz CT molecular complexity index is 469. The Morgan fingerprint density at radius 1 is 1.38 bits per heavy atom. The van der Waals surface area contributed by atoms with Crippen LogP contribution in [0.2, 0.25) is 0 Å². The summed E-state index contributed by atoms with van der Waals surface area (Å²) in [7, 11) is 1.47. The van der Waals surface area contributed by atoms with Gasteiger partial charge in [0.1, 0.15) is 10.6 Å². The molecule has 5 nitrogen and oxygen atoms in total. The molecule has 0 heterocycles. The van der Waals surface area contributed by atoms with E-state index in [2.05, 4.69) is 0 Å². The van der Waals surface area contributed by atoms with Gasteiger partial charge in [0.15, 0.2) is 0 Å². The van der Waals surface area contributed by atoms with E-state index in [1.54, 1.807) is 6.07 Å². The summed E-state index contributed by atoms with van der Waals surface area (Å²) in [5, 5.41) is 5.11. The van der Waals surface area contributed by atoms with Gasteiger partial charge in [-0.3, -0.25) is 0 Å². The van der Waals surface area contributed by atoms with Crippen molar-refractivity contribution < 1.29 is 13.2 Å². The van der Waals surface area contributed by atoms with Crippen LogP contribution in [0.15, 0.2) is 23.1 Å². The highest BCUT2D eigenvalue weighted by Gasteiger charge is 2.15. The van der Waals surface area contributed by atoms with Crippen molar-refractivity contribution in [3.8, 4) is 5.75 Å². The molecule has 1 aromatic carbocycles. The summed E-state index contributed by atoms with van der Waals surface area (Å²) >= 11 is 0. The minimum atomic E-state index is -3.75. The number of hydrogen-bond donors (Lipinski definition) is 1. The Kier molecular flexibility index (Phi) is 3.90. The predicted octanol–water partition coefficient (Wildman–Crippen LogP) is 0.404. The van der Waals surface area contributed by atoms with Gasteiger partial charge in [-0.1, -0.05) is 6.07 Å². The van der Waals surface area contributed by atoms with Crippen molar-refractivity contribution >= 4 is 10.0 Å². The SMILES string of the molecule is COc1ccc(CN(C)C)cc1S(N)(=O)=O. The molecule has 1 aromatic rings. The van der Waals surface area contributed by atoms with Crippen LogP contribution < -0.4 is 9.88 Å². The normalized spacial score (nSPS) is 11.8. The summed E-state index contributed by atoms with van der Waals surface area (Å²) in [6.07, 6.45) is 0. The maximum absolute atomic E-state index is 11.3. The highest BCUT2D eigenvalue weighted by atomic mass is 32.2. The second-order valence-corrected chi connectivity index (χ2v) is 5.30. The molecule has 2 N–H and O–H groups in total. The number of hydrogen-bond acceptors (Lipinski definition) is 4. The average molecular weight is 244 g/mol. The van der Waals surface area contributed by atoms with Crippen molar-refractivity contribution in [2.75, 3.05) is 21.2 Å². The Morgan fingerprint density at radius 3 is 2.44 bits per heavy atom. The second-order valence-electron chi connectivity index (χ2n) is 3.77. The fraction of sp³-hybridized carbons (Fsp3) is 0.400. The minimum Gasteiger partial charge on any atom is -0.495 e. The third-order valence-corrected chi connectivity index (χ3v) is 2.97. The molecule has 90 valence electrons. The minimum absolute atomic E-state index is 0.0225. The molecule has 0 aromatic heterocycles. The molecule has 0 bridgehead atoms. The van der Waals surface area contributed by atoms with Gasteiger partial charge in [0, 0.05) is 6.54 Å². The molecule has 0 aliphatic carbocycles. The van der Waals surface area contributed by atoms with Gasteiger partial charge in [0.2, 0.25) is 10.0 Å². The fourth-order valence-corrected chi connectivity index (χ4v) is 2.15. The first-order valence-corrected chi connectivity index (χ1v) is 6.23. The van der Waals surface area contributed by atoms with Gasteiger partial charge < -0.3 is 9.64 Å². The standard InChI is InChI=1S/C10H16N2O3S/c1-12(2)7-8-4-5-9(15-3)10(6-8)16(11,13)14/h4-6H,7H2,1-3H3,(H2,11,13,14). The highest BCUT2D eigenvalue weighted by Crippen LogP contribution is 2.23. The van der Waals surface area contributed by atoms with Gasteiger partial charge in [0.25, 0.3) is 0 Å². The number of methoxy groups -OCH3 is 1. The van der Waals surface area contributed by atoms with Gasteiger partial charge in [0.05, 0.1) is 7.11 Å². The van der Waals surface area contributed by atoms with Gasteiger partial charge in [-0.2, -0.15) is 0 Å². The third-order valence-electron chi connectivity index (χ3n) is 2.03. The van der Waals surface area contributed by atoms with Crippen LogP contribution in [0.4, 0.5) is 0 Å². The maximum atomic E-state index is 11.3. The molecule has 0 aliphatic rings. The first kappa shape index (κ1) is 13.0. The second kappa shape index (κ2) is 4.82. The number of primary sulfonamides is 1. The summed E-state index contributed by atoms with van der Waals surface area (Å²) in [5.74, 6) is 0.269. The molecule has 0 spiro atoms. The van der Waals surface area contributed by atoms with Crippen LogP contribution in [-0.4, -0.2) is 34.5 Å². The molecule has 0 fully saturated rings. The molecule has 16 heavy (non-hydrogen) atoms. The van der Waals surface area contributed by atoms with E-state index in [9.17, 15) is 8.42 Å². The lowest BCUT2D eigenvalue weighted by molar-refractivity contribution is 0.393. The third kappa shape index (κ3) is 3.19. The van der Waals surface area contributed by atoms with Crippen LogP contribution in [0, 0.1) is 0 Å². The number of nitrogens with zero attached hydrogens (tertiary/aromatic N) is 1. The van der Waals surface area contributed by atoms with Crippen LogP contribution in [0.25, 0.3) is 0 Å². The van der Waals surface area contributed by atoms with Gasteiger partial charge in [-0.25, -0.2) is 13.6 Å². The summed E-state index contributed by atoms with van der Waals surface area (Å²) in [6, 6.07) is 4.96. The van der Waals surface area contributed by atoms with Crippen molar-refractivity contribution in [3.05, 3.63) is 23.8 Å². The smallest absolute Gasteiger partial charge is 0.241 e. The van der Waals surface area contributed by atoms with Crippen LogP contribution in [0.1, 0.15) is 5.56 Å². The van der Waals surface area contributed by atoms with E-state index >= 15 is 0 Å². The van der Waals surface area contributed by atoms with Crippen LogP contribution in [-0.2, 0) is 16.6 Å². The first-order chi connectivity index (χ1) is 7.34. The molecule has 0 amide bonds. The largest absolute Gasteiger partial charge is 0.495 e. The van der Waals surface area contributed by atoms with E-state index in [4.69, 9.17) is 9.88 Å². The molecule has 0 saturated carbocycles. The van der Waals surface area contributed by atoms with Crippen LogP contribution in [0.3, 0.4) is 0 Å². The van der Waals surface area contributed by atoms with Crippen LogP contribution >= 0.6 is 0 Å². The maximum Gasteiger partial charge on any atom is 0.241 e.